The Balaban J connectivity index is 1.83. The summed E-state index contributed by atoms with van der Waals surface area (Å²) >= 11 is 13.0. The quantitative estimate of drug-likeness (QED) is 0.745. The summed E-state index contributed by atoms with van der Waals surface area (Å²) in [7, 11) is 0. The molecule has 1 heterocycles. The van der Waals surface area contributed by atoms with E-state index < -0.39 is 0 Å². The Kier molecular flexibility index (Phi) is 5.07. The summed E-state index contributed by atoms with van der Waals surface area (Å²) < 4.78 is 6.65. The smallest absolute Gasteiger partial charge is 0.190 e. The first-order chi connectivity index (χ1) is 8.56. The monoisotopic (exact) mass is 306 g/mol. The van der Waals surface area contributed by atoms with Gasteiger partial charge in [0.25, 0.3) is 0 Å². The molecule has 0 radical (unpaired) electrons. The Morgan fingerprint density at radius 3 is 2.61 bits per heavy atom. The van der Waals surface area contributed by atoms with E-state index in [1.165, 1.54) is 24.2 Å². The maximum atomic E-state index is 11.9. The first kappa shape index (κ1) is 14.3. The predicted molar refractivity (Wildman–Crippen MR) is 76.0 cm³/mol. The van der Waals surface area contributed by atoms with E-state index in [4.69, 9.17) is 27.9 Å². The van der Waals surface area contributed by atoms with E-state index in [-0.39, 0.29) is 18.5 Å². The van der Waals surface area contributed by atoms with Crippen molar-refractivity contribution in [2.75, 3.05) is 6.61 Å². The molecule has 0 N–H and O–H groups in total. The number of carbonyl (C=O) groups is 1. The van der Waals surface area contributed by atoms with Crippen molar-refractivity contribution in [3.63, 3.8) is 0 Å². The van der Waals surface area contributed by atoms with E-state index in [1.54, 1.807) is 6.07 Å². The fourth-order valence-electron chi connectivity index (χ4n) is 2.20. The van der Waals surface area contributed by atoms with Crippen molar-refractivity contribution in [1.82, 2.24) is 0 Å². The van der Waals surface area contributed by atoms with Crippen LogP contribution in [0.15, 0.2) is 6.07 Å². The van der Waals surface area contributed by atoms with Crippen LogP contribution < -0.4 is 0 Å². The second-order valence-electron chi connectivity index (χ2n) is 4.85. The van der Waals surface area contributed by atoms with E-state index in [0.29, 0.717) is 14.2 Å². The lowest BCUT2D eigenvalue weighted by Gasteiger charge is -2.25. The Labute approximate surface area is 121 Å². The molecule has 0 aromatic carbocycles. The predicted octanol–water partition coefficient (Wildman–Crippen LogP) is 4.83. The Bertz CT molecular complexity index is 423. The Morgan fingerprint density at radius 1 is 1.39 bits per heavy atom. The molecule has 0 aliphatic heterocycles. The highest BCUT2D eigenvalue weighted by molar-refractivity contribution is 7.20. The van der Waals surface area contributed by atoms with E-state index in [1.807, 2.05) is 0 Å². The van der Waals surface area contributed by atoms with Crippen LogP contribution in [-0.2, 0) is 4.74 Å². The number of carbonyl (C=O) groups excluding carboxylic acids is 1. The van der Waals surface area contributed by atoms with Gasteiger partial charge in [-0.05, 0) is 37.7 Å². The maximum absolute atomic E-state index is 11.9. The third-order valence-electron chi connectivity index (χ3n) is 3.37. The molecule has 0 saturated heterocycles. The average molecular weight is 307 g/mol. The topological polar surface area (TPSA) is 26.3 Å². The molecular formula is C13H16Cl2O2S. The lowest BCUT2D eigenvalue weighted by Crippen LogP contribution is -2.23. The minimum absolute atomic E-state index is 0.0817. The van der Waals surface area contributed by atoms with Crippen molar-refractivity contribution < 1.29 is 9.53 Å². The second-order valence-corrected chi connectivity index (χ2v) is 7.14. The van der Waals surface area contributed by atoms with Gasteiger partial charge in [0, 0.05) is 0 Å². The third-order valence-corrected chi connectivity index (χ3v) is 4.86. The van der Waals surface area contributed by atoms with Crippen LogP contribution in [0.2, 0.25) is 8.67 Å². The highest BCUT2D eigenvalue weighted by Crippen LogP contribution is 2.32. The van der Waals surface area contributed by atoms with Crippen LogP contribution >= 0.6 is 34.5 Å². The molecule has 0 bridgehead atoms. The van der Waals surface area contributed by atoms with Gasteiger partial charge in [0.15, 0.2) is 5.78 Å². The summed E-state index contributed by atoms with van der Waals surface area (Å²) in [5.41, 5.74) is 0.482. The SMILES string of the molecule is CC1CCC(OCC(=O)c2cc(Cl)sc2Cl)CC1. The van der Waals surface area contributed by atoms with Crippen LogP contribution in [0.5, 0.6) is 0 Å². The van der Waals surface area contributed by atoms with Crippen molar-refractivity contribution in [3.05, 3.63) is 20.3 Å². The van der Waals surface area contributed by atoms with Crippen molar-refractivity contribution in [1.29, 1.82) is 0 Å². The van der Waals surface area contributed by atoms with Crippen molar-refractivity contribution in [2.24, 2.45) is 5.92 Å². The second kappa shape index (κ2) is 6.38. The molecule has 18 heavy (non-hydrogen) atoms. The Morgan fingerprint density at radius 2 is 2.06 bits per heavy atom. The number of Topliss-reactive ketones (excluding diaryl/α,β-unsaturated/α-hetero) is 1. The molecule has 0 amide bonds. The zero-order valence-electron chi connectivity index (χ0n) is 10.2. The van der Waals surface area contributed by atoms with Gasteiger partial charge in [-0.3, -0.25) is 4.79 Å². The van der Waals surface area contributed by atoms with Gasteiger partial charge in [-0.25, -0.2) is 0 Å². The van der Waals surface area contributed by atoms with Gasteiger partial charge < -0.3 is 4.74 Å². The zero-order chi connectivity index (χ0) is 13.1. The van der Waals surface area contributed by atoms with Gasteiger partial charge in [0.1, 0.15) is 10.9 Å². The van der Waals surface area contributed by atoms with E-state index >= 15 is 0 Å². The highest BCUT2D eigenvalue weighted by atomic mass is 35.5. The van der Waals surface area contributed by atoms with Crippen molar-refractivity contribution in [2.45, 2.75) is 38.7 Å². The van der Waals surface area contributed by atoms with E-state index in [2.05, 4.69) is 6.92 Å². The number of halogens is 2. The first-order valence-electron chi connectivity index (χ1n) is 6.16. The maximum Gasteiger partial charge on any atom is 0.190 e. The van der Waals surface area contributed by atoms with Crippen molar-refractivity contribution >= 4 is 40.3 Å². The minimum Gasteiger partial charge on any atom is -0.370 e. The summed E-state index contributed by atoms with van der Waals surface area (Å²) in [6.07, 6.45) is 4.69. The molecule has 2 rings (SSSR count). The molecular weight excluding hydrogens is 291 g/mol. The van der Waals surface area contributed by atoms with Crippen LogP contribution in [0.4, 0.5) is 0 Å². The largest absolute Gasteiger partial charge is 0.370 e. The van der Waals surface area contributed by atoms with Gasteiger partial charge in [-0.15, -0.1) is 11.3 Å². The number of ketones is 1. The highest BCUT2D eigenvalue weighted by Gasteiger charge is 2.21. The summed E-state index contributed by atoms with van der Waals surface area (Å²) in [6.45, 7) is 2.36. The molecule has 0 spiro atoms. The fraction of sp³-hybridized carbons (Fsp3) is 0.615. The van der Waals surface area contributed by atoms with Crippen LogP contribution in [0.3, 0.4) is 0 Å². The van der Waals surface area contributed by atoms with E-state index in [9.17, 15) is 4.79 Å². The summed E-state index contributed by atoms with van der Waals surface area (Å²) in [6, 6.07) is 1.61. The average Bonchev–Trinajstić information content (AvgIpc) is 2.67. The molecule has 1 aliphatic rings. The molecule has 1 fully saturated rings. The molecule has 1 aromatic rings. The number of hydrogen-bond donors (Lipinski definition) is 0. The standard InChI is InChI=1S/C13H16Cl2O2S/c1-8-2-4-9(5-3-8)17-7-11(16)10-6-12(14)18-13(10)15/h6,8-9H,2-5,7H2,1H3. The normalized spacial score (nSPS) is 24.2. The molecule has 5 heteroatoms. The first-order valence-corrected chi connectivity index (χ1v) is 7.73. The minimum atomic E-state index is -0.0817. The van der Waals surface area contributed by atoms with Crippen LogP contribution in [0, 0.1) is 5.92 Å². The molecule has 0 unspecified atom stereocenters. The van der Waals surface area contributed by atoms with E-state index in [0.717, 1.165) is 18.8 Å². The van der Waals surface area contributed by atoms with Gasteiger partial charge in [0.05, 0.1) is 16.0 Å². The molecule has 100 valence electrons. The lowest BCUT2D eigenvalue weighted by atomic mass is 9.89. The van der Waals surface area contributed by atoms with Crippen LogP contribution in [-0.4, -0.2) is 18.5 Å². The molecule has 1 aliphatic carbocycles. The molecule has 1 saturated carbocycles. The fourth-order valence-corrected chi connectivity index (χ4v) is 3.70. The molecule has 0 atom stereocenters. The summed E-state index contributed by atoms with van der Waals surface area (Å²) in [5.74, 6) is 0.701. The van der Waals surface area contributed by atoms with Crippen LogP contribution in [0.1, 0.15) is 43.0 Å². The lowest BCUT2D eigenvalue weighted by molar-refractivity contribution is 0.0218. The Hall–Kier alpha value is -0.0900. The summed E-state index contributed by atoms with van der Waals surface area (Å²) in [4.78, 5) is 11.9. The number of rotatable bonds is 4. The molecule has 1 aromatic heterocycles. The van der Waals surface area contributed by atoms with Gasteiger partial charge >= 0.3 is 0 Å². The van der Waals surface area contributed by atoms with Crippen LogP contribution in [0.25, 0.3) is 0 Å². The van der Waals surface area contributed by atoms with Gasteiger partial charge in [-0.2, -0.15) is 0 Å². The zero-order valence-corrected chi connectivity index (χ0v) is 12.6. The van der Waals surface area contributed by atoms with Gasteiger partial charge in [-0.1, -0.05) is 30.1 Å². The number of hydrogen-bond acceptors (Lipinski definition) is 3. The molecule has 2 nitrogen and oxygen atoms in total. The summed E-state index contributed by atoms with van der Waals surface area (Å²) in [5, 5.41) is 0. The number of thiophene rings is 1. The number of ether oxygens (including phenoxy) is 1. The van der Waals surface area contributed by atoms with Gasteiger partial charge in [0.2, 0.25) is 0 Å². The third kappa shape index (κ3) is 3.70. The van der Waals surface area contributed by atoms with Crippen molar-refractivity contribution in [3.8, 4) is 0 Å².